The molecule has 0 atom stereocenters. The topological polar surface area (TPSA) is 63.1 Å². The first-order chi connectivity index (χ1) is 10.9. The molecule has 0 spiro atoms. The summed E-state index contributed by atoms with van der Waals surface area (Å²) in [5.41, 5.74) is 1.09. The summed E-state index contributed by atoms with van der Waals surface area (Å²) in [7, 11) is 1.76. The van der Waals surface area contributed by atoms with Gasteiger partial charge in [-0.05, 0) is 44.7 Å². The SMILES string of the molecule is CSc1cccc(CN(C)C(=O)Nc2nc(C)n(C(C)C)n2)c1. The van der Waals surface area contributed by atoms with Crippen molar-refractivity contribution in [2.24, 2.45) is 0 Å². The normalized spacial score (nSPS) is 10.9. The van der Waals surface area contributed by atoms with Gasteiger partial charge in [0.25, 0.3) is 0 Å². The number of aryl methyl sites for hydroxylation is 1. The fourth-order valence-corrected chi connectivity index (χ4v) is 2.73. The Balaban J connectivity index is 2.01. The standard InChI is InChI=1S/C16H23N5OS/c1-11(2)21-12(3)17-15(19-21)18-16(22)20(4)10-13-7-6-8-14(9-13)23-5/h6-9,11H,10H2,1-5H3,(H,18,19,22). The van der Waals surface area contributed by atoms with E-state index in [1.165, 1.54) is 4.90 Å². The zero-order chi connectivity index (χ0) is 17.0. The Morgan fingerprint density at radius 1 is 1.43 bits per heavy atom. The van der Waals surface area contributed by atoms with Crippen LogP contribution in [0.15, 0.2) is 29.2 Å². The molecule has 0 radical (unpaired) electrons. The van der Waals surface area contributed by atoms with E-state index in [9.17, 15) is 4.79 Å². The van der Waals surface area contributed by atoms with Crippen molar-refractivity contribution in [3.63, 3.8) is 0 Å². The molecular weight excluding hydrogens is 310 g/mol. The molecule has 1 heterocycles. The van der Waals surface area contributed by atoms with Gasteiger partial charge < -0.3 is 4.90 Å². The summed E-state index contributed by atoms with van der Waals surface area (Å²) in [4.78, 5) is 19.4. The summed E-state index contributed by atoms with van der Waals surface area (Å²) in [6.07, 6.45) is 2.04. The van der Waals surface area contributed by atoms with Crippen molar-refractivity contribution in [3.8, 4) is 0 Å². The first-order valence-corrected chi connectivity index (χ1v) is 8.71. The molecule has 0 aliphatic heterocycles. The zero-order valence-corrected chi connectivity index (χ0v) is 15.0. The summed E-state index contributed by atoms with van der Waals surface area (Å²) >= 11 is 1.69. The summed E-state index contributed by atoms with van der Waals surface area (Å²) in [5.74, 6) is 1.12. The Labute approximate surface area is 141 Å². The smallest absolute Gasteiger partial charge is 0.323 e. The summed E-state index contributed by atoms with van der Waals surface area (Å²) < 4.78 is 1.79. The van der Waals surface area contributed by atoms with Gasteiger partial charge in [-0.2, -0.15) is 4.98 Å². The molecule has 2 amide bonds. The molecule has 0 fully saturated rings. The van der Waals surface area contributed by atoms with Crippen molar-refractivity contribution >= 4 is 23.7 Å². The first-order valence-electron chi connectivity index (χ1n) is 7.49. The Bertz CT molecular complexity index is 683. The van der Waals surface area contributed by atoms with Crippen molar-refractivity contribution in [1.29, 1.82) is 0 Å². The van der Waals surface area contributed by atoms with Crippen LogP contribution in [0, 0.1) is 6.92 Å². The van der Waals surface area contributed by atoms with E-state index in [2.05, 4.69) is 27.5 Å². The number of urea groups is 1. The zero-order valence-electron chi connectivity index (χ0n) is 14.2. The third kappa shape index (κ3) is 4.48. The Kier molecular flexibility index (Phi) is 5.65. The molecule has 1 N–H and O–H groups in total. The third-order valence-electron chi connectivity index (χ3n) is 3.41. The molecule has 0 saturated heterocycles. The fraction of sp³-hybridized carbons (Fsp3) is 0.438. The van der Waals surface area contributed by atoms with Crippen LogP contribution >= 0.6 is 11.8 Å². The van der Waals surface area contributed by atoms with E-state index in [4.69, 9.17) is 0 Å². The van der Waals surface area contributed by atoms with Crippen molar-refractivity contribution in [3.05, 3.63) is 35.7 Å². The molecule has 2 rings (SSSR count). The number of nitrogens with one attached hydrogen (secondary N) is 1. The molecule has 0 aliphatic carbocycles. The first kappa shape index (κ1) is 17.3. The van der Waals surface area contributed by atoms with Gasteiger partial charge in [0.15, 0.2) is 0 Å². The molecule has 1 aromatic heterocycles. The van der Waals surface area contributed by atoms with E-state index >= 15 is 0 Å². The van der Waals surface area contributed by atoms with Crippen LogP contribution in [0.5, 0.6) is 0 Å². The number of anilines is 1. The fourth-order valence-electron chi connectivity index (χ4n) is 2.25. The van der Waals surface area contributed by atoms with Gasteiger partial charge in [-0.15, -0.1) is 16.9 Å². The van der Waals surface area contributed by atoms with Gasteiger partial charge in [-0.1, -0.05) is 12.1 Å². The van der Waals surface area contributed by atoms with E-state index in [1.807, 2.05) is 39.2 Å². The van der Waals surface area contributed by atoms with Crippen molar-refractivity contribution < 1.29 is 4.79 Å². The van der Waals surface area contributed by atoms with Gasteiger partial charge in [0.05, 0.1) is 0 Å². The predicted octanol–water partition coefficient (Wildman–Crippen LogP) is 3.55. The lowest BCUT2D eigenvalue weighted by molar-refractivity contribution is 0.220. The average molecular weight is 333 g/mol. The molecular formula is C16H23N5OS. The monoisotopic (exact) mass is 333 g/mol. The Morgan fingerprint density at radius 2 is 2.17 bits per heavy atom. The number of nitrogens with zero attached hydrogens (tertiary/aromatic N) is 4. The maximum Gasteiger partial charge on any atom is 0.324 e. The number of thioether (sulfide) groups is 1. The highest BCUT2D eigenvalue weighted by Crippen LogP contribution is 2.17. The molecule has 124 valence electrons. The summed E-state index contributed by atoms with van der Waals surface area (Å²) in [6, 6.07) is 8.14. The number of amides is 2. The van der Waals surface area contributed by atoms with Gasteiger partial charge >= 0.3 is 6.03 Å². The van der Waals surface area contributed by atoms with Crippen LogP contribution in [0.1, 0.15) is 31.3 Å². The van der Waals surface area contributed by atoms with E-state index in [-0.39, 0.29) is 12.1 Å². The van der Waals surface area contributed by atoms with Crippen LogP contribution in [0.4, 0.5) is 10.7 Å². The summed E-state index contributed by atoms with van der Waals surface area (Å²) in [5, 5.41) is 7.06. The Hall–Kier alpha value is -2.02. The number of carbonyl (C=O) groups excluding carboxylic acids is 1. The minimum absolute atomic E-state index is 0.208. The highest BCUT2D eigenvalue weighted by Gasteiger charge is 2.14. The van der Waals surface area contributed by atoms with Crippen LogP contribution in [0.3, 0.4) is 0 Å². The van der Waals surface area contributed by atoms with Crippen LogP contribution in [0.2, 0.25) is 0 Å². The van der Waals surface area contributed by atoms with Crippen LogP contribution < -0.4 is 5.32 Å². The largest absolute Gasteiger partial charge is 0.324 e. The summed E-state index contributed by atoms with van der Waals surface area (Å²) in [6.45, 7) is 6.46. The molecule has 6 nitrogen and oxygen atoms in total. The number of rotatable bonds is 5. The molecule has 2 aromatic rings. The van der Waals surface area contributed by atoms with Gasteiger partial charge in [0.2, 0.25) is 5.95 Å². The Morgan fingerprint density at radius 3 is 2.78 bits per heavy atom. The molecule has 0 aliphatic rings. The van der Waals surface area contributed by atoms with Crippen molar-refractivity contribution in [1.82, 2.24) is 19.7 Å². The van der Waals surface area contributed by atoms with E-state index < -0.39 is 0 Å². The quantitative estimate of drug-likeness (QED) is 0.850. The predicted molar refractivity (Wildman–Crippen MR) is 93.9 cm³/mol. The van der Waals surface area contributed by atoms with Gasteiger partial charge in [0, 0.05) is 24.5 Å². The second kappa shape index (κ2) is 7.50. The van der Waals surface area contributed by atoms with Gasteiger partial charge in [-0.25, -0.2) is 9.48 Å². The maximum atomic E-state index is 12.3. The number of benzene rings is 1. The molecule has 23 heavy (non-hydrogen) atoms. The van der Waals surface area contributed by atoms with Crippen molar-refractivity contribution in [2.75, 3.05) is 18.6 Å². The number of carbonyl (C=O) groups is 1. The average Bonchev–Trinajstić information content (AvgIpc) is 2.88. The minimum Gasteiger partial charge on any atom is -0.323 e. The highest BCUT2D eigenvalue weighted by atomic mass is 32.2. The third-order valence-corrected chi connectivity index (χ3v) is 4.14. The lowest BCUT2D eigenvalue weighted by atomic mass is 10.2. The molecule has 0 saturated carbocycles. The van der Waals surface area contributed by atoms with E-state index in [1.54, 1.807) is 28.4 Å². The van der Waals surface area contributed by atoms with Crippen molar-refractivity contribution in [2.45, 2.75) is 38.3 Å². The molecule has 1 aromatic carbocycles. The molecule has 7 heteroatoms. The maximum absolute atomic E-state index is 12.3. The lowest BCUT2D eigenvalue weighted by Gasteiger charge is -2.17. The van der Waals surface area contributed by atoms with Gasteiger partial charge in [0.1, 0.15) is 5.82 Å². The van der Waals surface area contributed by atoms with Crippen LogP contribution in [-0.4, -0.2) is 39.0 Å². The second-order valence-corrected chi connectivity index (χ2v) is 6.54. The van der Waals surface area contributed by atoms with Gasteiger partial charge in [-0.3, -0.25) is 5.32 Å². The number of hydrogen-bond acceptors (Lipinski definition) is 4. The lowest BCUT2D eigenvalue weighted by Crippen LogP contribution is -2.31. The number of hydrogen-bond donors (Lipinski definition) is 1. The highest BCUT2D eigenvalue weighted by molar-refractivity contribution is 7.98. The van der Waals surface area contributed by atoms with Crippen LogP contribution in [0.25, 0.3) is 0 Å². The van der Waals surface area contributed by atoms with E-state index in [0.29, 0.717) is 12.5 Å². The van der Waals surface area contributed by atoms with Crippen LogP contribution in [-0.2, 0) is 6.54 Å². The molecule has 0 unspecified atom stereocenters. The minimum atomic E-state index is -0.222. The molecule has 0 bridgehead atoms. The van der Waals surface area contributed by atoms with E-state index in [0.717, 1.165) is 11.4 Å². The second-order valence-electron chi connectivity index (χ2n) is 5.66. The number of aromatic nitrogens is 3.